The molecule has 0 atom stereocenters. The molecule has 0 unspecified atom stereocenters. The molecular formula is C16H27N2O+. The van der Waals surface area contributed by atoms with E-state index in [9.17, 15) is 4.79 Å². The molecule has 1 heterocycles. The van der Waals surface area contributed by atoms with Gasteiger partial charge in [0.2, 0.25) is 0 Å². The molecule has 0 spiro atoms. The fourth-order valence-electron chi connectivity index (χ4n) is 2.24. The van der Waals surface area contributed by atoms with Crippen LogP contribution in [0.3, 0.4) is 0 Å². The molecule has 0 saturated heterocycles. The number of carbonyl (C=O) groups excluding carboxylic acids is 1. The average molecular weight is 263 g/mol. The SMILES string of the molecule is CCCCCCCCCC[n+]1cccc(C(N)=O)c1. The quantitative estimate of drug-likeness (QED) is 0.511. The first-order chi connectivity index (χ1) is 9.24. The third-order valence-corrected chi connectivity index (χ3v) is 3.41. The van der Waals surface area contributed by atoms with Crippen LogP contribution in [0, 0.1) is 0 Å². The molecule has 0 fully saturated rings. The fourth-order valence-corrected chi connectivity index (χ4v) is 2.24. The standard InChI is InChI=1S/C16H26N2O/c1-2-3-4-5-6-7-8-9-12-18-13-10-11-15(14-18)16(17)19/h10-11,13-14H,2-9,12H2,1H3,(H-,17,19)/p+1. The van der Waals surface area contributed by atoms with Gasteiger partial charge in [-0.15, -0.1) is 0 Å². The highest BCUT2D eigenvalue weighted by molar-refractivity contribution is 5.92. The first kappa shape index (κ1) is 15.7. The van der Waals surface area contributed by atoms with Crippen LogP contribution in [-0.4, -0.2) is 5.91 Å². The Morgan fingerprint density at radius 2 is 1.74 bits per heavy atom. The summed E-state index contributed by atoms with van der Waals surface area (Å²) in [6.45, 7) is 3.22. The van der Waals surface area contributed by atoms with Crippen LogP contribution in [0.4, 0.5) is 0 Å². The first-order valence-corrected chi connectivity index (χ1v) is 7.53. The van der Waals surface area contributed by atoms with Crippen LogP contribution in [0.1, 0.15) is 68.6 Å². The van der Waals surface area contributed by atoms with Crippen molar-refractivity contribution in [2.24, 2.45) is 5.73 Å². The normalized spacial score (nSPS) is 10.6. The van der Waals surface area contributed by atoms with Crippen molar-refractivity contribution in [1.82, 2.24) is 0 Å². The first-order valence-electron chi connectivity index (χ1n) is 7.53. The second-order valence-electron chi connectivity index (χ2n) is 5.17. The van der Waals surface area contributed by atoms with E-state index in [1.807, 2.05) is 18.5 Å². The number of aromatic nitrogens is 1. The smallest absolute Gasteiger partial charge is 0.254 e. The molecule has 1 aromatic rings. The van der Waals surface area contributed by atoms with Crippen molar-refractivity contribution < 1.29 is 9.36 Å². The number of rotatable bonds is 10. The second-order valence-corrected chi connectivity index (χ2v) is 5.17. The topological polar surface area (TPSA) is 47.0 Å². The van der Waals surface area contributed by atoms with E-state index in [2.05, 4.69) is 11.5 Å². The van der Waals surface area contributed by atoms with Crippen molar-refractivity contribution in [1.29, 1.82) is 0 Å². The van der Waals surface area contributed by atoms with Gasteiger partial charge in [0.15, 0.2) is 12.4 Å². The Hall–Kier alpha value is -1.38. The van der Waals surface area contributed by atoms with Gasteiger partial charge in [0.1, 0.15) is 12.1 Å². The summed E-state index contributed by atoms with van der Waals surface area (Å²) in [5, 5.41) is 0. The van der Waals surface area contributed by atoms with E-state index in [4.69, 9.17) is 5.73 Å². The van der Waals surface area contributed by atoms with Gasteiger partial charge >= 0.3 is 0 Å². The van der Waals surface area contributed by atoms with Gasteiger partial charge in [-0.3, -0.25) is 4.79 Å². The predicted molar refractivity (Wildman–Crippen MR) is 77.8 cm³/mol. The van der Waals surface area contributed by atoms with Crippen LogP contribution in [0.15, 0.2) is 24.5 Å². The Morgan fingerprint density at radius 1 is 1.11 bits per heavy atom. The van der Waals surface area contributed by atoms with E-state index in [0.717, 1.165) is 6.54 Å². The number of aryl methyl sites for hydroxylation is 1. The molecule has 2 N–H and O–H groups in total. The number of carbonyl (C=O) groups is 1. The Labute approximate surface area is 116 Å². The lowest BCUT2D eigenvalue weighted by atomic mass is 10.1. The van der Waals surface area contributed by atoms with Gasteiger partial charge in [0.05, 0.1) is 0 Å². The number of unbranched alkanes of at least 4 members (excludes halogenated alkanes) is 7. The van der Waals surface area contributed by atoms with E-state index in [0.29, 0.717) is 5.56 Å². The molecule has 19 heavy (non-hydrogen) atoms. The largest absolute Gasteiger partial charge is 0.365 e. The maximum atomic E-state index is 11.1. The lowest BCUT2D eigenvalue weighted by Gasteiger charge is -2.01. The van der Waals surface area contributed by atoms with Crippen LogP contribution in [0.25, 0.3) is 0 Å². The highest BCUT2D eigenvalue weighted by Gasteiger charge is 2.06. The number of amides is 1. The lowest BCUT2D eigenvalue weighted by Crippen LogP contribution is -2.34. The number of pyridine rings is 1. The summed E-state index contributed by atoms with van der Waals surface area (Å²) in [6, 6.07) is 3.64. The zero-order chi connectivity index (χ0) is 13.9. The second kappa shape index (κ2) is 9.54. The van der Waals surface area contributed by atoms with Crippen molar-refractivity contribution in [2.75, 3.05) is 0 Å². The van der Waals surface area contributed by atoms with Crippen molar-refractivity contribution in [2.45, 2.75) is 64.8 Å². The van der Waals surface area contributed by atoms with Crippen LogP contribution < -0.4 is 10.3 Å². The van der Waals surface area contributed by atoms with Gasteiger partial charge in [0.25, 0.3) is 5.91 Å². The van der Waals surface area contributed by atoms with Gasteiger partial charge < -0.3 is 5.73 Å². The predicted octanol–water partition coefficient (Wildman–Crippen LogP) is 3.21. The summed E-state index contributed by atoms with van der Waals surface area (Å²) >= 11 is 0. The van der Waals surface area contributed by atoms with Crippen LogP contribution in [0.5, 0.6) is 0 Å². The minimum atomic E-state index is -0.356. The van der Waals surface area contributed by atoms with Crippen molar-refractivity contribution in [3.8, 4) is 0 Å². The van der Waals surface area contributed by atoms with Crippen molar-refractivity contribution >= 4 is 5.91 Å². The van der Waals surface area contributed by atoms with E-state index >= 15 is 0 Å². The van der Waals surface area contributed by atoms with Crippen LogP contribution in [-0.2, 0) is 6.54 Å². The monoisotopic (exact) mass is 263 g/mol. The molecule has 0 bridgehead atoms. The molecule has 0 aromatic carbocycles. The van der Waals surface area contributed by atoms with Gasteiger partial charge in [-0.1, -0.05) is 45.4 Å². The third-order valence-electron chi connectivity index (χ3n) is 3.41. The van der Waals surface area contributed by atoms with Crippen molar-refractivity contribution in [3.05, 3.63) is 30.1 Å². The van der Waals surface area contributed by atoms with Gasteiger partial charge in [0, 0.05) is 12.5 Å². The molecule has 0 aliphatic rings. The Bertz CT molecular complexity index is 377. The molecule has 106 valence electrons. The van der Waals surface area contributed by atoms with Gasteiger partial charge in [-0.25, -0.2) is 4.57 Å². The van der Waals surface area contributed by atoms with E-state index < -0.39 is 0 Å². The zero-order valence-electron chi connectivity index (χ0n) is 12.1. The minimum Gasteiger partial charge on any atom is -0.365 e. The Balaban J connectivity index is 2.12. The number of nitrogens with zero attached hydrogens (tertiary/aromatic N) is 1. The average Bonchev–Trinajstić information content (AvgIpc) is 2.42. The summed E-state index contributed by atoms with van der Waals surface area (Å²) in [6.07, 6.45) is 14.4. The lowest BCUT2D eigenvalue weighted by molar-refractivity contribution is -0.697. The molecule has 1 aromatic heterocycles. The van der Waals surface area contributed by atoms with Crippen LogP contribution >= 0.6 is 0 Å². The van der Waals surface area contributed by atoms with E-state index in [1.54, 1.807) is 6.07 Å². The Morgan fingerprint density at radius 3 is 2.37 bits per heavy atom. The molecule has 0 aliphatic carbocycles. The summed E-state index contributed by atoms with van der Waals surface area (Å²) < 4.78 is 2.05. The van der Waals surface area contributed by atoms with E-state index in [-0.39, 0.29) is 5.91 Å². The molecule has 1 amide bonds. The van der Waals surface area contributed by atoms with Crippen molar-refractivity contribution in [3.63, 3.8) is 0 Å². The van der Waals surface area contributed by atoms with E-state index in [1.165, 1.54) is 51.4 Å². The number of hydrogen-bond donors (Lipinski definition) is 1. The van der Waals surface area contributed by atoms with Gasteiger partial charge in [-0.05, 0) is 12.5 Å². The third kappa shape index (κ3) is 6.94. The number of hydrogen-bond acceptors (Lipinski definition) is 1. The number of nitrogens with two attached hydrogens (primary N) is 1. The van der Waals surface area contributed by atoms with Gasteiger partial charge in [-0.2, -0.15) is 0 Å². The summed E-state index contributed by atoms with van der Waals surface area (Å²) in [4.78, 5) is 11.1. The maximum absolute atomic E-state index is 11.1. The molecule has 3 heteroatoms. The summed E-state index contributed by atoms with van der Waals surface area (Å²) in [5.74, 6) is -0.356. The summed E-state index contributed by atoms with van der Waals surface area (Å²) in [7, 11) is 0. The molecular weight excluding hydrogens is 236 g/mol. The number of primary amides is 1. The molecule has 0 radical (unpaired) electrons. The minimum absolute atomic E-state index is 0.356. The highest BCUT2D eigenvalue weighted by Crippen LogP contribution is 2.08. The zero-order valence-corrected chi connectivity index (χ0v) is 12.1. The van der Waals surface area contributed by atoms with Crippen LogP contribution in [0.2, 0.25) is 0 Å². The molecule has 0 aliphatic heterocycles. The molecule has 0 saturated carbocycles. The summed E-state index contributed by atoms with van der Waals surface area (Å²) in [5.41, 5.74) is 5.85. The fraction of sp³-hybridized carbons (Fsp3) is 0.625. The molecule has 3 nitrogen and oxygen atoms in total. The highest BCUT2D eigenvalue weighted by atomic mass is 16.1. The Kier molecular flexibility index (Phi) is 7.87. The maximum Gasteiger partial charge on any atom is 0.254 e. The molecule has 1 rings (SSSR count).